The molecule has 2 amide bonds. The second-order valence-electron chi connectivity index (χ2n) is 11.7. The number of fused-ring (bicyclic) bond motifs is 3. The number of benzene rings is 1. The van der Waals surface area contributed by atoms with E-state index in [2.05, 4.69) is 13.8 Å². The van der Waals surface area contributed by atoms with Crippen LogP contribution < -0.4 is 0 Å². The molecule has 7 heteroatoms. The first-order valence-corrected chi connectivity index (χ1v) is 14.8. The largest absolute Gasteiger partial charge is 0.507 e. The first-order valence-electron chi connectivity index (χ1n) is 14.8. The van der Waals surface area contributed by atoms with Gasteiger partial charge >= 0.3 is 7.12 Å². The van der Waals surface area contributed by atoms with Gasteiger partial charge in [-0.05, 0) is 68.8 Å². The van der Waals surface area contributed by atoms with Crippen LogP contribution in [0.4, 0.5) is 0 Å². The van der Waals surface area contributed by atoms with Crippen molar-refractivity contribution in [2.45, 2.75) is 103 Å². The number of phenols is 1. The van der Waals surface area contributed by atoms with Gasteiger partial charge in [0.05, 0.1) is 17.9 Å². The number of nitrogens with zero attached hydrogens (tertiary/aromatic N) is 1. The summed E-state index contributed by atoms with van der Waals surface area (Å²) < 4.78 is 6.17. The summed E-state index contributed by atoms with van der Waals surface area (Å²) in [6, 6.07) is 7.38. The van der Waals surface area contributed by atoms with Crippen LogP contribution in [-0.2, 0) is 14.2 Å². The summed E-state index contributed by atoms with van der Waals surface area (Å²) in [5.74, 6) is -0.522. The number of rotatable bonds is 8. The van der Waals surface area contributed by atoms with Gasteiger partial charge in [-0.1, -0.05) is 75.0 Å². The Labute approximate surface area is 227 Å². The number of allylic oxidation sites excluding steroid dienone is 2. The van der Waals surface area contributed by atoms with Crippen LogP contribution in [0.1, 0.15) is 90.0 Å². The highest BCUT2D eigenvalue weighted by molar-refractivity contribution is 6.43. The van der Waals surface area contributed by atoms with Crippen LogP contribution in [0.2, 0.25) is 6.32 Å². The number of carbonyl (C=O) groups is 2. The monoisotopic (exact) mass is 519 g/mol. The Bertz CT molecular complexity index is 1110. The second kappa shape index (κ2) is 11.8. The van der Waals surface area contributed by atoms with Gasteiger partial charge in [0.2, 0.25) is 11.8 Å². The molecule has 2 aliphatic carbocycles. The molecule has 2 N–H and O–H groups in total. The van der Waals surface area contributed by atoms with Crippen LogP contribution in [-0.4, -0.2) is 46.1 Å². The molecular formula is C31H42BNO5. The average Bonchev–Trinajstić information content (AvgIpc) is 3.17. The van der Waals surface area contributed by atoms with Gasteiger partial charge in [-0.25, -0.2) is 0 Å². The number of amides is 2. The SMILES string of the molecule is CCCC1=C2[C@@H](CC/C(=C/c3ccccc3O)CC)OB(O)C[C@@H]2[C@@H]2C(=O)N(C3CCCCC3)C(=O)[C@@H]2C1. The van der Waals surface area contributed by atoms with Crippen LogP contribution in [0.15, 0.2) is 41.0 Å². The van der Waals surface area contributed by atoms with E-state index < -0.39 is 7.12 Å². The molecule has 4 aliphatic rings. The highest BCUT2D eigenvalue weighted by Gasteiger charge is 2.58. The van der Waals surface area contributed by atoms with Crippen LogP contribution in [0, 0.1) is 17.8 Å². The summed E-state index contributed by atoms with van der Waals surface area (Å²) in [6.07, 6.45) is 12.2. The lowest BCUT2D eigenvalue weighted by Crippen LogP contribution is -2.46. The molecule has 0 aromatic heterocycles. The Hall–Kier alpha value is -2.38. The normalized spacial score (nSPS) is 28.7. The quantitative estimate of drug-likeness (QED) is 0.254. The summed E-state index contributed by atoms with van der Waals surface area (Å²) in [5, 5.41) is 21.0. The zero-order chi connectivity index (χ0) is 26.8. The molecule has 38 heavy (non-hydrogen) atoms. The highest BCUT2D eigenvalue weighted by Crippen LogP contribution is 2.52. The van der Waals surface area contributed by atoms with Gasteiger partial charge in [0.1, 0.15) is 5.75 Å². The fourth-order valence-corrected chi connectivity index (χ4v) is 7.52. The van der Waals surface area contributed by atoms with Crippen molar-refractivity contribution >= 4 is 25.0 Å². The average molecular weight is 519 g/mol. The minimum atomic E-state index is -0.936. The number of hydrogen-bond donors (Lipinski definition) is 2. The number of phenolic OH excluding ortho intramolecular Hbond substituents is 1. The topological polar surface area (TPSA) is 87.1 Å². The molecule has 1 saturated carbocycles. The Balaban J connectivity index is 1.41. The summed E-state index contributed by atoms with van der Waals surface area (Å²) in [4.78, 5) is 29.2. The molecule has 1 aromatic rings. The lowest BCUT2D eigenvalue weighted by molar-refractivity contribution is -0.143. The van der Waals surface area contributed by atoms with E-state index in [1.54, 1.807) is 11.0 Å². The molecule has 0 bridgehead atoms. The van der Waals surface area contributed by atoms with E-state index in [-0.39, 0.29) is 47.5 Å². The number of hydrogen-bond acceptors (Lipinski definition) is 5. The van der Waals surface area contributed by atoms with E-state index in [1.807, 2.05) is 24.3 Å². The molecule has 2 heterocycles. The lowest BCUT2D eigenvalue weighted by Gasteiger charge is -2.43. The third-order valence-corrected chi connectivity index (χ3v) is 9.31. The Morgan fingerprint density at radius 2 is 1.87 bits per heavy atom. The number of para-hydroxylation sites is 1. The third kappa shape index (κ3) is 5.24. The molecule has 204 valence electrons. The maximum atomic E-state index is 13.9. The molecule has 5 rings (SSSR count). The van der Waals surface area contributed by atoms with Crippen LogP contribution in [0.3, 0.4) is 0 Å². The van der Waals surface area contributed by atoms with Gasteiger partial charge in [-0.3, -0.25) is 14.5 Å². The van der Waals surface area contributed by atoms with Crippen molar-refractivity contribution < 1.29 is 24.4 Å². The van der Waals surface area contributed by atoms with Gasteiger partial charge in [0.15, 0.2) is 0 Å². The molecule has 2 aliphatic heterocycles. The van der Waals surface area contributed by atoms with Crippen molar-refractivity contribution in [3.63, 3.8) is 0 Å². The predicted octanol–water partition coefficient (Wildman–Crippen LogP) is 5.90. The van der Waals surface area contributed by atoms with E-state index in [4.69, 9.17) is 4.65 Å². The maximum Gasteiger partial charge on any atom is 0.455 e. The molecule has 1 aromatic carbocycles. The van der Waals surface area contributed by atoms with Crippen molar-refractivity contribution in [1.82, 2.24) is 4.90 Å². The van der Waals surface area contributed by atoms with Crippen molar-refractivity contribution in [1.29, 1.82) is 0 Å². The Kier molecular flexibility index (Phi) is 8.44. The Morgan fingerprint density at radius 3 is 2.58 bits per heavy atom. The van der Waals surface area contributed by atoms with Crippen LogP contribution >= 0.6 is 0 Å². The summed E-state index contributed by atoms with van der Waals surface area (Å²) >= 11 is 0. The zero-order valence-electron chi connectivity index (χ0n) is 22.9. The fourth-order valence-electron chi connectivity index (χ4n) is 7.52. The first kappa shape index (κ1) is 27.2. The smallest absolute Gasteiger partial charge is 0.455 e. The minimum Gasteiger partial charge on any atom is -0.507 e. The van der Waals surface area contributed by atoms with Crippen molar-refractivity contribution in [2.75, 3.05) is 0 Å². The van der Waals surface area contributed by atoms with Gasteiger partial charge < -0.3 is 14.8 Å². The highest BCUT2D eigenvalue weighted by atomic mass is 16.5. The molecule has 0 unspecified atom stereocenters. The van der Waals surface area contributed by atoms with E-state index in [1.165, 1.54) is 23.1 Å². The van der Waals surface area contributed by atoms with Gasteiger partial charge in [0.25, 0.3) is 0 Å². The molecule has 3 fully saturated rings. The molecule has 2 saturated heterocycles. The number of carbonyl (C=O) groups excluding carboxylic acids is 2. The van der Waals surface area contributed by atoms with Crippen molar-refractivity contribution in [3.05, 3.63) is 46.5 Å². The predicted molar refractivity (Wildman–Crippen MR) is 149 cm³/mol. The first-order chi connectivity index (χ1) is 18.4. The molecule has 4 atom stereocenters. The van der Waals surface area contributed by atoms with Crippen molar-refractivity contribution in [2.24, 2.45) is 17.8 Å². The fraction of sp³-hybridized carbons (Fsp3) is 0.613. The van der Waals surface area contributed by atoms with E-state index in [0.29, 0.717) is 19.2 Å². The minimum absolute atomic E-state index is 0.00788. The second-order valence-corrected chi connectivity index (χ2v) is 11.7. The number of aromatic hydroxyl groups is 1. The van der Waals surface area contributed by atoms with E-state index in [0.717, 1.165) is 56.9 Å². The number of likely N-dealkylation sites (tertiary alicyclic amines) is 1. The molecule has 0 spiro atoms. The number of imide groups is 1. The summed E-state index contributed by atoms with van der Waals surface area (Å²) in [5.41, 5.74) is 4.46. The third-order valence-electron chi connectivity index (χ3n) is 9.31. The van der Waals surface area contributed by atoms with Crippen molar-refractivity contribution in [3.8, 4) is 5.75 Å². The molecular weight excluding hydrogens is 477 g/mol. The van der Waals surface area contributed by atoms with Gasteiger partial charge in [-0.2, -0.15) is 0 Å². The lowest BCUT2D eigenvalue weighted by atomic mass is 9.58. The summed E-state index contributed by atoms with van der Waals surface area (Å²) in [7, 11) is -0.936. The van der Waals surface area contributed by atoms with Gasteiger partial charge in [0, 0.05) is 11.6 Å². The van der Waals surface area contributed by atoms with Crippen LogP contribution in [0.25, 0.3) is 6.08 Å². The van der Waals surface area contributed by atoms with Gasteiger partial charge in [-0.15, -0.1) is 0 Å². The van der Waals surface area contributed by atoms with E-state index in [9.17, 15) is 19.7 Å². The Morgan fingerprint density at radius 1 is 1.11 bits per heavy atom. The van der Waals surface area contributed by atoms with Crippen LogP contribution in [0.5, 0.6) is 5.75 Å². The standard InChI is InChI=1S/C31H42BNO5/c1-3-10-22-18-24-29(31(36)33(30(24)35)23-12-6-5-7-13-23)25-19-32(37)38-27(28(22)25)16-15-20(4-2)17-21-11-8-9-14-26(21)34/h8-9,11,14,17,23-25,27,29,34,37H,3-7,10,12-13,15-16,18-19H2,1-2H3/b20-17+/t24-,25+,27-,29-/m1/s1. The zero-order valence-corrected chi connectivity index (χ0v) is 22.9. The summed E-state index contributed by atoms with van der Waals surface area (Å²) in [6.45, 7) is 4.27. The molecule has 0 radical (unpaired) electrons. The van der Waals surface area contributed by atoms with E-state index >= 15 is 0 Å². The molecule has 6 nitrogen and oxygen atoms in total. The maximum absolute atomic E-state index is 13.9.